The summed E-state index contributed by atoms with van der Waals surface area (Å²) in [5.74, 6) is 0.0124. The third-order valence-electron chi connectivity index (χ3n) is 2.73. The molecule has 0 aromatic heterocycles. The van der Waals surface area contributed by atoms with Crippen LogP contribution in [0.5, 0.6) is 0 Å². The summed E-state index contributed by atoms with van der Waals surface area (Å²) in [5, 5.41) is 2.75. The van der Waals surface area contributed by atoms with E-state index in [0.29, 0.717) is 12.2 Å². The minimum atomic E-state index is -3.29. The first-order valence-corrected chi connectivity index (χ1v) is 9.33. The highest BCUT2D eigenvalue weighted by atomic mass is 79.9. The van der Waals surface area contributed by atoms with E-state index in [1.807, 2.05) is 26.0 Å². The van der Waals surface area contributed by atoms with E-state index in [9.17, 15) is 13.2 Å². The highest BCUT2D eigenvalue weighted by Gasteiger charge is 2.18. The van der Waals surface area contributed by atoms with Crippen LogP contribution in [0.25, 0.3) is 0 Å². The predicted octanol–water partition coefficient (Wildman–Crippen LogP) is 2.70. The molecule has 0 saturated heterocycles. The van der Waals surface area contributed by atoms with Crippen molar-refractivity contribution in [3.8, 4) is 0 Å². The van der Waals surface area contributed by atoms with E-state index < -0.39 is 10.0 Å². The minimum absolute atomic E-state index is 0.131. The molecule has 0 saturated carbocycles. The summed E-state index contributed by atoms with van der Waals surface area (Å²) in [6.07, 6.45) is 1.30. The van der Waals surface area contributed by atoms with E-state index in [-0.39, 0.29) is 24.8 Å². The smallest absolute Gasteiger partial charge is 0.225 e. The van der Waals surface area contributed by atoms with Gasteiger partial charge in [-0.15, -0.1) is 0 Å². The molecule has 1 rings (SSSR count). The lowest BCUT2D eigenvalue weighted by molar-refractivity contribution is -0.116. The Hall–Kier alpha value is -0.920. The fourth-order valence-corrected chi connectivity index (χ4v) is 3.21. The molecule has 1 amide bonds. The maximum Gasteiger partial charge on any atom is 0.225 e. The normalized spacial score (nSPS) is 11.9. The number of hydrogen-bond donors (Lipinski definition) is 1. The number of hydrogen-bond acceptors (Lipinski definition) is 3. The number of anilines is 1. The molecule has 7 heteroatoms. The van der Waals surface area contributed by atoms with Gasteiger partial charge in [-0.2, -0.15) is 0 Å². The van der Waals surface area contributed by atoms with Crippen molar-refractivity contribution < 1.29 is 13.2 Å². The molecular weight excluding hydrogens is 356 g/mol. The Morgan fingerprint density at radius 2 is 2.05 bits per heavy atom. The van der Waals surface area contributed by atoms with E-state index in [2.05, 4.69) is 21.2 Å². The van der Waals surface area contributed by atoms with Crippen molar-refractivity contribution in [3.05, 3.63) is 28.7 Å². The summed E-state index contributed by atoms with van der Waals surface area (Å²) in [6.45, 7) is 4.50. The zero-order valence-corrected chi connectivity index (χ0v) is 14.9. The lowest BCUT2D eigenvalue weighted by Crippen LogP contribution is -2.35. The van der Waals surface area contributed by atoms with Crippen molar-refractivity contribution in [1.29, 1.82) is 0 Å². The SMILES string of the molecule is CC(C)CN(CCC(=O)Nc1cccc(Br)c1)S(C)(=O)=O. The molecule has 118 valence electrons. The summed E-state index contributed by atoms with van der Waals surface area (Å²) < 4.78 is 25.6. The molecule has 0 fully saturated rings. The molecule has 0 radical (unpaired) electrons. The van der Waals surface area contributed by atoms with E-state index in [1.54, 1.807) is 12.1 Å². The van der Waals surface area contributed by atoms with Crippen LogP contribution in [-0.4, -0.2) is 38.0 Å². The quantitative estimate of drug-likeness (QED) is 0.795. The Kier molecular flexibility index (Phi) is 6.83. The standard InChI is InChI=1S/C14H21BrN2O3S/c1-11(2)10-17(21(3,19)20)8-7-14(18)16-13-6-4-5-12(15)9-13/h4-6,9,11H,7-8,10H2,1-3H3,(H,16,18). The van der Waals surface area contributed by atoms with Crippen LogP contribution in [0, 0.1) is 5.92 Å². The van der Waals surface area contributed by atoms with Crippen molar-refractivity contribution in [2.45, 2.75) is 20.3 Å². The van der Waals surface area contributed by atoms with Gasteiger partial charge in [0.1, 0.15) is 0 Å². The van der Waals surface area contributed by atoms with Crippen molar-refractivity contribution in [3.63, 3.8) is 0 Å². The number of benzene rings is 1. The number of halogens is 1. The van der Waals surface area contributed by atoms with Crippen LogP contribution < -0.4 is 5.32 Å². The molecule has 0 atom stereocenters. The summed E-state index contributed by atoms with van der Waals surface area (Å²) in [6, 6.07) is 7.26. The fourth-order valence-electron chi connectivity index (χ4n) is 1.82. The van der Waals surface area contributed by atoms with Crippen LogP contribution in [0.4, 0.5) is 5.69 Å². The lowest BCUT2D eigenvalue weighted by atomic mass is 10.2. The third-order valence-corrected chi connectivity index (χ3v) is 4.50. The first-order valence-electron chi connectivity index (χ1n) is 6.69. The van der Waals surface area contributed by atoms with E-state index >= 15 is 0 Å². The second-order valence-corrected chi connectivity index (χ2v) is 8.22. The average Bonchev–Trinajstić information content (AvgIpc) is 2.32. The first-order chi connectivity index (χ1) is 9.68. The monoisotopic (exact) mass is 376 g/mol. The second kappa shape index (κ2) is 7.91. The predicted molar refractivity (Wildman–Crippen MR) is 88.6 cm³/mol. The molecule has 0 aliphatic rings. The van der Waals surface area contributed by atoms with Gasteiger partial charge in [0.05, 0.1) is 6.26 Å². The molecular formula is C14H21BrN2O3S. The number of nitrogens with zero attached hydrogens (tertiary/aromatic N) is 1. The van der Waals surface area contributed by atoms with Crippen LogP contribution in [0.2, 0.25) is 0 Å². The summed E-state index contributed by atoms with van der Waals surface area (Å²) in [4.78, 5) is 11.9. The van der Waals surface area contributed by atoms with Gasteiger partial charge in [0.15, 0.2) is 0 Å². The Morgan fingerprint density at radius 3 is 2.57 bits per heavy atom. The average molecular weight is 377 g/mol. The zero-order chi connectivity index (χ0) is 16.0. The van der Waals surface area contributed by atoms with Gasteiger partial charge in [-0.25, -0.2) is 12.7 Å². The zero-order valence-electron chi connectivity index (χ0n) is 12.5. The number of carbonyl (C=O) groups is 1. The highest BCUT2D eigenvalue weighted by molar-refractivity contribution is 9.10. The van der Waals surface area contributed by atoms with Gasteiger partial charge in [-0.3, -0.25) is 4.79 Å². The van der Waals surface area contributed by atoms with E-state index in [4.69, 9.17) is 0 Å². The van der Waals surface area contributed by atoms with Gasteiger partial charge in [0.2, 0.25) is 15.9 Å². The number of carbonyl (C=O) groups excluding carboxylic acids is 1. The van der Waals surface area contributed by atoms with Crippen molar-refractivity contribution in [2.75, 3.05) is 24.7 Å². The van der Waals surface area contributed by atoms with Crippen molar-refractivity contribution in [2.24, 2.45) is 5.92 Å². The molecule has 0 aliphatic carbocycles. The van der Waals surface area contributed by atoms with Crippen LogP contribution in [0.1, 0.15) is 20.3 Å². The molecule has 21 heavy (non-hydrogen) atoms. The molecule has 0 unspecified atom stereocenters. The maximum absolute atomic E-state index is 11.9. The summed E-state index contributed by atoms with van der Waals surface area (Å²) in [5.41, 5.74) is 0.684. The van der Waals surface area contributed by atoms with Crippen molar-refractivity contribution >= 4 is 37.5 Å². The van der Waals surface area contributed by atoms with Crippen LogP contribution >= 0.6 is 15.9 Å². The van der Waals surface area contributed by atoms with Gasteiger partial charge in [-0.05, 0) is 24.1 Å². The third kappa shape index (κ3) is 7.06. The topological polar surface area (TPSA) is 66.5 Å². The fraction of sp³-hybridized carbons (Fsp3) is 0.500. The molecule has 0 spiro atoms. The maximum atomic E-state index is 11.9. The molecule has 1 aromatic carbocycles. The first kappa shape index (κ1) is 18.1. The van der Waals surface area contributed by atoms with Crippen LogP contribution in [-0.2, 0) is 14.8 Å². The largest absolute Gasteiger partial charge is 0.326 e. The summed E-state index contributed by atoms with van der Waals surface area (Å²) >= 11 is 3.33. The second-order valence-electron chi connectivity index (χ2n) is 5.32. The molecule has 0 aliphatic heterocycles. The Morgan fingerprint density at radius 1 is 1.38 bits per heavy atom. The van der Waals surface area contributed by atoms with Crippen LogP contribution in [0.15, 0.2) is 28.7 Å². The van der Waals surface area contributed by atoms with Gasteiger partial charge in [-0.1, -0.05) is 35.8 Å². The number of sulfonamides is 1. The number of nitrogens with one attached hydrogen (secondary N) is 1. The van der Waals surface area contributed by atoms with Crippen molar-refractivity contribution in [1.82, 2.24) is 4.31 Å². The van der Waals surface area contributed by atoms with E-state index in [1.165, 1.54) is 10.6 Å². The molecule has 1 aromatic rings. The van der Waals surface area contributed by atoms with Gasteiger partial charge < -0.3 is 5.32 Å². The highest BCUT2D eigenvalue weighted by Crippen LogP contribution is 2.16. The molecule has 5 nitrogen and oxygen atoms in total. The Balaban J connectivity index is 2.57. The Labute approximate surface area is 134 Å². The van der Waals surface area contributed by atoms with Gasteiger partial charge in [0, 0.05) is 29.7 Å². The Bertz CT molecular complexity index is 588. The van der Waals surface area contributed by atoms with Gasteiger partial charge in [0.25, 0.3) is 0 Å². The number of amides is 1. The van der Waals surface area contributed by atoms with Crippen LogP contribution in [0.3, 0.4) is 0 Å². The molecule has 0 bridgehead atoms. The molecule has 0 heterocycles. The number of rotatable bonds is 7. The molecule has 1 N–H and O–H groups in total. The summed E-state index contributed by atoms with van der Waals surface area (Å²) in [7, 11) is -3.29. The van der Waals surface area contributed by atoms with Gasteiger partial charge >= 0.3 is 0 Å². The lowest BCUT2D eigenvalue weighted by Gasteiger charge is -2.21. The minimum Gasteiger partial charge on any atom is -0.326 e. The van der Waals surface area contributed by atoms with E-state index in [0.717, 1.165) is 4.47 Å².